The lowest BCUT2D eigenvalue weighted by Crippen LogP contribution is -2.48. The number of carbonyl (C=O) groups excluding carboxylic acids is 1. The summed E-state index contributed by atoms with van der Waals surface area (Å²) in [4.78, 5) is 17.5. The SMILES string of the molecule is Cc1ccc(-c2cc(C(=O)NCCN3CCN(c4cccc(Cl)c4Cl)CC3)c(C)n2C)cc1.Cl. The minimum Gasteiger partial charge on any atom is -0.368 e. The average molecular weight is 522 g/mol. The van der Waals surface area contributed by atoms with Crippen LogP contribution in [0.5, 0.6) is 0 Å². The van der Waals surface area contributed by atoms with Gasteiger partial charge in [-0.15, -0.1) is 12.4 Å². The Labute approximate surface area is 218 Å². The highest BCUT2D eigenvalue weighted by Crippen LogP contribution is 2.32. The van der Waals surface area contributed by atoms with Crippen molar-refractivity contribution < 1.29 is 4.79 Å². The minimum absolute atomic E-state index is 0. The van der Waals surface area contributed by atoms with Crippen molar-refractivity contribution in [3.8, 4) is 11.3 Å². The van der Waals surface area contributed by atoms with Crippen LogP contribution < -0.4 is 10.2 Å². The number of rotatable bonds is 6. The third-order valence-electron chi connectivity index (χ3n) is 6.49. The number of halogens is 3. The van der Waals surface area contributed by atoms with Crippen molar-refractivity contribution in [2.24, 2.45) is 7.05 Å². The van der Waals surface area contributed by atoms with E-state index < -0.39 is 0 Å². The zero-order chi connectivity index (χ0) is 23.5. The molecule has 0 atom stereocenters. The Balaban J connectivity index is 0.00000324. The second kappa shape index (κ2) is 11.5. The number of amides is 1. The minimum atomic E-state index is -0.0224. The molecule has 1 aliphatic rings. The van der Waals surface area contributed by atoms with Crippen molar-refractivity contribution in [3.05, 3.63) is 75.4 Å². The maximum atomic E-state index is 12.9. The van der Waals surface area contributed by atoms with Crippen molar-refractivity contribution in [3.63, 3.8) is 0 Å². The molecule has 0 saturated carbocycles. The molecule has 34 heavy (non-hydrogen) atoms. The Morgan fingerprint density at radius 1 is 1.00 bits per heavy atom. The fraction of sp³-hybridized carbons (Fsp3) is 0.346. The molecule has 8 heteroatoms. The van der Waals surface area contributed by atoms with Gasteiger partial charge in [0.15, 0.2) is 0 Å². The van der Waals surface area contributed by atoms with Gasteiger partial charge < -0.3 is 14.8 Å². The quantitative estimate of drug-likeness (QED) is 0.460. The molecule has 3 aromatic rings. The second-order valence-corrected chi connectivity index (χ2v) is 9.40. The zero-order valence-electron chi connectivity index (χ0n) is 19.8. The van der Waals surface area contributed by atoms with Crippen LogP contribution in [0.25, 0.3) is 11.3 Å². The molecule has 0 spiro atoms. The molecular weight excluding hydrogens is 491 g/mol. The Morgan fingerprint density at radius 3 is 2.35 bits per heavy atom. The Kier molecular flexibility index (Phi) is 8.94. The van der Waals surface area contributed by atoms with E-state index in [-0.39, 0.29) is 18.3 Å². The number of carbonyl (C=O) groups is 1. The van der Waals surface area contributed by atoms with Crippen molar-refractivity contribution in [1.82, 2.24) is 14.8 Å². The highest BCUT2D eigenvalue weighted by atomic mass is 35.5. The molecule has 2 heterocycles. The van der Waals surface area contributed by atoms with Gasteiger partial charge >= 0.3 is 0 Å². The van der Waals surface area contributed by atoms with Crippen LogP contribution in [0, 0.1) is 13.8 Å². The van der Waals surface area contributed by atoms with Crippen LogP contribution in [0.15, 0.2) is 48.5 Å². The monoisotopic (exact) mass is 520 g/mol. The molecule has 1 fully saturated rings. The van der Waals surface area contributed by atoms with Crippen molar-refractivity contribution in [1.29, 1.82) is 0 Å². The molecule has 0 unspecified atom stereocenters. The van der Waals surface area contributed by atoms with Gasteiger partial charge in [0.25, 0.3) is 5.91 Å². The lowest BCUT2D eigenvalue weighted by atomic mass is 10.1. The first-order valence-electron chi connectivity index (χ1n) is 11.3. The van der Waals surface area contributed by atoms with Crippen molar-refractivity contribution in [2.45, 2.75) is 13.8 Å². The maximum absolute atomic E-state index is 12.9. The molecule has 4 rings (SSSR count). The summed E-state index contributed by atoms with van der Waals surface area (Å²) in [7, 11) is 2.01. The molecule has 182 valence electrons. The zero-order valence-corrected chi connectivity index (χ0v) is 22.1. The number of nitrogens with zero attached hydrogens (tertiary/aromatic N) is 3. The molecule has 1 saturated heterocycles. The summed E-state index contributed by atoms with van der Waals surface area (Å²) < 4.78 is 2.08. The molecule has 5 nitrogen and oxygen atoms in total. The van der Waals surface area contributed by atoms with Crippen molar-refractivity contribution >= 4 is 47.2 Å². The number of hydrogen-bond donors (Lipinski definition) is 1. The Morgan fingerprint density at radius 2 is 1.68 bits per heavy atom. The number of aryl methyl sites for hydroxylation is 1. The predicted octanol–water partition coefficient (Wildman–Crippen LogP) is 5.59. The van der Waals surface area contributed by atoms with Crippen LogP contribution >= 0.6 is 35.6 Å². The van der Waals surface area contributed by atoms with Gasteiger partial charge in [-0.2, -0.15) is 0 Å². The van der Waals surface area contributed by atoms with Crippen molar-refractivity contribution in [2.75, 3.05) is 44.2 Å². The van der Waals surface area contributed by atoms with E-state index in [4.69, 9.17) is 23.2 Å². The van der Waals surface area contributed by atoms with E-state index in [2.05, 4.69) is 50.9 Å². The molecule has 1 aliphatic heterocycles. The first-order chi connectivity index (χ1) is 15.8. The number of benzene rings is 2. The summed E-state index contributed by atoms with van der Waals surface area (Å²) in [6, 6.07) is 16.1. The fourth-order valence-corrected chi connectivity index (χ4v) is 4.72. The highest BCUT2D eigenvalue weighted by Gasteiger charge is 2.20. The van der Waals surface area contributed by atoms with Crippen LogP contribution in [0.3, 0.4) is 0 Å². The van der Waals surface area contributed by atoms with Crippen LogP contribution in [-0.4, -0.2) is 54.6 Å². The van der Waals surface area contributed by atoms with E-state index in [1.807, 2.05) is 38.2 Å². The predicted molar refractivity (Wildman–Crippen MR) is 145 cm³/mol. The number of aromatic nitrogens is 1. The molecule has 2 aromatic carbocycles. The van der Waals surface area contributed by atoms with E-state index in [1.165, 1.54) is 5.56 Å². The molecule has 1 aromatic heterocycles. The van der Waals surface area contributed by atoms with Crippen LogP contribution in [0.1, 0.15) is 21.6 Å². The Bertz CT molecular complexity index is 1140. The maximum Gasteiger partial charge on any atom is 0.253 e. The smallest absolute Gasteiger partial charge is 0.253 e. The van der Waals surface area contributed by atoms with Gasteiger partial charge in [0.2, 0.25) is 0 Å². The van der Waals surface area contributed by atoms with Crippen LogP contribution in [-0.2, 0) is 7.05 Å². The topological polar surface area (TPSA) is 40.5 Å². The van der Waals surface area contributed by atoms with Crippen LogP contribution in [0.2, 0.25) is 10.0 Å². The summed E-state index contributed by atoms with van der Waals surface area (Å²) in [6.45, 7) is 9.10. The van der Waals surface area contributed by atoms with E-state index in [0.29, 0.717) is 16.6 Å². The number of nitrogens with one attached hydrogen (secondary N) is 1. The summed E-state index contributed by atoms with van der Waals surface area (Å²) in [5.41, 5.74) is 6.07. The summed E-state index contributed by atoms with van der Waals surface area (Å²) in [6.07, 6.45) is 0. The third kappa shape index (κ3) is 5.72. The second-order valence-electron chi connectivity index (χ2n) is 8.61. The van der Waals surface area contributed by atoms with E-state index in [9.17, 15) is 4.79 Å². The normalized spacial score (nSPS) is 14.1. The van der Waals surface area contributed by atoms with E-state index in [1.54, 1.807) is 0 Å². The standard InChI is InChI=1S/C26H30Cl2N4O.ClH/c1-18-7-9-20(10-8-18)24-17-21(19(2)30(24)3)26(33)29-11-12-31-13-15-32(16-14-31)23-6-4-5-22(27)25(23)28;/h4-10,17H,11-16H2,1-3H3,(H,29,33);1H. The van der Waals surface area contributed by atoms with Gasteiger partial charge in [-0.25, -0.2) is 0 Å². The third-order valence-corrected chi connectivity index (χ3v) is 7.29. The number of anilines is 1. The summed E-state index contributed by atoms with van der Waals surface area (Å²) in [5.74, 6) is -0.0224. The van der Waals surface area contributed by atoms with Gasteiger partial charge in [-0.3, -0.25) is 9.69 Å². The average Bonchev–Trinajstić information content (AvgIpc) is 3.11. The Hall–Kier alpha value is -2.18. The first kappa shape index (κ1) is 26.4. The number of piperazine rings is 1. The van der Waals surface area contributed by atoms with E-state index >= 15 is 0 Å². The van der Waals surface area contributed by atoms with Gasteiger partial charge in [-0.1, -0.05) is 59.1 Å². The highest BCUT2D eigenvalue weighted by molar-refractivity contribution is 6.43. The lowest BCUT2D eigenvalue weighted by Gasteiger charge is -2.36. The molecule has 1 amide bonds. The van der Waals surface area contributed by atoms with Gasteiger partial charge in [0, 0.05) is 57.7 Å². The molecular formula is C26H31Cl3N4O. The van der Waals surface area contributed by atoms with Gasteiger partial charge in [0.05, 0.1) is 21.3 Å². The van der Waals surface area contributed by atoms with E-state index in [0.717, 1.165) is 60.9 Å². The molecule has 0 bridgehead atoms. The first-order valence-corrected chi connectivity index (χ1v) is 12.0. The molecule has 0 aliphatic carbocycles. The molecule has 0 radical (unpaired) electrons. The largest absolute Gasteiger partial charge is 0.368 e. The fourth-order valence-electron chi connectivity index (χ4n) is 4.30. The van der Waals surface area contributed by atoms with Gasteiger partial charge in [0.1, 0.15) is 0 Å². The summed E-state index contributed by atoms with van der Waals surface area (Å²) in [5, 5.41) is 4.30. The molecule has 1 N–H and O–H groups in total. The van der Waals surface area contributed by atoms with Gasteiger partial charge in [-0.05, 0) is 37.6 Å². The number of hydrogen-bond acceptors (Lipinski definition) is 3. The van der Waals surface area contributed by atoms with Crippen LogP contribution in [0.4, 0.5) is 5.69 Å². The summed E-state index contributed by atoms with van der Waals surface area (Å²) >= 11 is 12.5. The lowest BCUT2D eigenvalue weighted by molar-refractivity contribution is 0.0947.